The Morgan fingerprint density at radius 1 is 1.14 bits per heavy atom. The molecule has 0 radical (unpaired) electrons. The van der Waals surface area contributed by atoms with E-state index in [0.717, 1.165) is 12.1 Å². The first-order valence-electron chi connectivity index (χ1n) is 6.43. The Balaban J connectivity index is 2.13. The average Bonchev–Trinajstić information content (AvgIpc) is 2.45. The highest BCUT2D eigenvalue weighted by molar-refractivity contribution is 5.89. The zero-order chi connectivity index (χ0) is 16.2. The summed E-state index contributed by atoms with van der Waals surface area (Å²) in [4.78, 5) is 14.9. The lowest BCUT2D eigenvalue weighted by atomic mass is 10.2. The van der Waals surface area contributed by atoms with Gasteiger partial charge in [-0.1, -0.05) is 18.2 Å². The number of benzene rings is 2. The minimum absolute atomic E-state index is 0.176. The maximum Gasteiger partial charge on any atom is 0.416 e. The highest BCUT2D eigenvalue weighted by Gasteiger charge is 2.30. The molecular weight excluding hydrogens is 293 g/mol. The lowest BCUT2D eigenvalue weighted by molar-refractivity contribution is -0.137. The van der Waals surface area contributed by atoms with Crippen LogP contribution in [0.3, 0.4) is 0 Å². The number of rotatable bonds is 3. The molecule has 0 heterocycles. The van der Waals surface area contributed by atoms with E-state index in [1.807, 2.05) is 0 Å². The quantitative estimate of drug-likeness (QED) is 0.838. The maximum absolute atomic E-state index is 12.6. The molecule has 0 fully saturated rings. The molecule has 0 saturated heterocycles. The minimum Gasteiger partial charge on any atom is -0.326 e. The molecule has 3 nitrogen and oxygen atoms in total. The normalized spacial score (nSPS) is 11.6. The molecule has 0 atom stereocenters. The van der Waals surface area contributed by atoms with E-state index in [4.69, 9.17) is 0 Å². The molecule has 0 spiro atoms. The van der Waals surface area contributed by atoms with Gasteiger partial charge >= 0.3 is 6.18 Å². The van der Waals surface area contributed by atoms with Gasteiger partial charge in [0.05, 0.1) is 11.3 Å². The van der Waals surface area contributed by atoms with Gasteiger partial charge in [-0.15, -0.1) is 0 Å². The van der Waals surface area contributed by atoms with Crippen LogP contribution in [0.25, 0.3) is 0 Å². The van der Waals surface area contributed by atoms with E-state index in [2.05, 4.69) is 10.3 Å². The lowest BCUT2D eigenvalue weighted by Gasteiger charge is -2.06. The summed E-state index contributed by atoms with van der Waals surface area (Å²) >= 11 is 0. The Bertz CT molecular complexity index is 691. The van der Waals surface area contributed by atoms with Gasteiger partial charge < -0.3 is 5.32 Å². The number of halogens is 3. The Hall–Kier alpha value is -2.63. The second-order valence-corrected chi connectivity index (χ2v) is 4.61. The molecule has 0 bridgehead atoms. The summed E-state index contributed by atoms with van der Waals surface area (Å²) in [5, 5.41) is 2.62. The van der Waals surface area contributed by atoms with Gasteiger partial charge in [0.1, 0.15) is 0 Å². The third-order valence-corrected chi connectivity index (χ3v) is 2.77. The van der Waals surface area contributed by atoms with Gasteiger partial charge in [-0.05, 0) is 35.9 Å². The van der Waals surface area contributed by atoms with Crippen molar-refractivity contribution in [3.05, 3.63) is 59.7 Å². The molecular formula is C16H13F3N2O. The van der Waals surface area contributed by atoms with Gasteiger partial charge in [0.25, 0.3) is 0 Å². The van der Waals surface area contributed by atoms with Crippen LogP contribution in [-0.4, -0.2) is 12.1 Å². The Kier molecular flexibility index (Phi) is 4.60. The van der Waals surface area contributed by atoms with Gasteiger partial charge in [0, 0.05) is 18.8 Å². The van der Waals surface area contributed by atoms with Crippen LogP contribution in [0.15, 0.2) is 53.5 Å². The van der Waals surface area contributed by atoms with Gasteiger partial charge in [0.2, 0.25) is 5.91 Å². The van der Waals surface area contributed by atoms with E-state index in [1.54, 1.807) is 24.3 Å². The Morgan fingerprint density at radius 2 is 1.82 bits per heavy atom. The summed E-state index contributed by atoms with van der Waals surface area (Å²) in [7, 11) is 0. The van der Waals surface area contributed by atoms with Crippen LogP contribution in [0.1, 0.15) is 18.1 Å². The second kappa shape index (κ2) is 6.43. The summed E-state index contributed by atoms with van der Waals surface area (Å²) in [6.07, 6.45) is -2.92. The van der Waals surface area contributed by atoms with E-state index in [1.165, 1.54) is 25.3 Å². The van der Waals surface area contributed by atoms with Crippen molar-refractivity contribution >= 4 is 23.5 Å². The van der Waals surface area contributed by atoms with E-state index < -0.39 is 11.7 Å². The molecule has 22 heavy (non-hydrogen) atoms. The molecule has 0 aliphatic heterocycles. The molecule has 6 heteroatoms. The topological polar surface area (TPSA) is 41.5 Å². The fourth-order valence-corrected chi connectivity index (χ4v) is 1.77. The Morgan fingerprint density at radius 3 is 2.41 bits per heavy atom. The highest BCUT2D eigenvalue weighted by Crippen LogP contribution is 2.31. The van der Waals surface area contributed by atoms with Crippen LogP contribution >= 0.6 is 0 Å². The molecule has 0 aliphatic carbocycles. The number of carbonyl (C=O) groups excluding carboxylic acids is 1. The summed E-state index contributed by atoms with van der Waals surface area (Å²) in [5.41, 5.74) is 0.846. The monoisotopic (exact) mass is 306 g/mol. The van der Waals surface area contributed by atoms with Crippen LogP contribution in [-0.2, 0) is 11.0 Å². The first-order chi connectivity index (χ1) is 10.3. The molecule has 1 amide bonds. The number of carbonyl (C=O) groups is 1. The van der Waals surface area contributed by atoms with Crippen molar-refractivity contribution in [1.29, 1.82) is 0 Å². The molecule has 2 aromatic rings. The van der Waals surface area contributed by atoms with E-state index in [9.17, 15) is 18.0 Å². The van der Waals surface area contributed by atoms with Crippen LogP contribution in [0.2, 0.25) is 0 Å². The average molecular weight is 306 g/mol. The highest BCUT2D eigenvalue weighted by atomic mass is 19.4. The third-order valence-electron chi connectivity index (χ3n) is 2.77. The number of aliphatic imine (C=N–C) groups is 1. The largest absolute Gasteiger partial charge is 0.416 e. The van der Waals surface area contributed by atoms with Crippen LogP contribution in [0.5, 0.6) is 0 Å². The van der Waals surface area contributed by atoms with Gasteiger partial charge in [0.15, 0.2) is 0 Å². The molecule has 2 rings (SSSR count). The number of nitrogens with zero attached hydrogens (tertiary/aromatic N) is 1. The van der Waals surface area contributed by atoms with E-state index in [0.29, 0.717) is 11.3 Å². The first-order valence-corrected chi connectivity index (χ1v) is 6.43. The predicted octanol–water partition coefficient (Wildman–Crippen LogP) is 4.41. The van der Waals surface area contributed by atoms with Crippen molar-refractivity contribution in [3.8, 4) is 0 Å². The number of hydrogen-bond acceptors (Lipinski definition) is 2. The number of alkyl halides is 3. The van der Waals surface area contributed by atoms with Gasteiger partial charge in [-0.2, -0.15) is 13.2 Å². The number of nitrogens with one attached hydrogen (secondary N) is 1. The fraction of sp³-hybridized carbons (Fsp3) is 0.125. The molecule has 0 aromatic heterocycles. The first kappa shape index (κ1) is 15.8. The zero-order valence-electron chi connectivity index (χ0n) is 11.7. The maximum atomic E-state index is 12.6. The van der Waals surface area contributed by atoms with E-state index >= 15 is 0 Å². The van der Waals surface area contributed by atoms with Crippen molar-refractivity contribution in [1.82, 2.24) is 0 Å². The summed E-state index contributed by atoms with van der Waals surface area (Å²) in [6, 6.07) is 11.6. The van der Waals surface area contributed by atoms with Crippen LogP contribution < -0.4 is 5.32 Å². The standard InChI is InChI=1S/C16H13F3N2O/c1-11(22)21-14-7-5-12(6-8-14)10-20-15-4-2-3-13(9-15)16(17,18)19/h2-10H,1H3,(H,21,22). The lowest BCUT2D eigenvalue weighted by Crippen LogP contribution is -2.05. The van der Waals surface area contributed by atoms with Crippen LogP contribution in [0, 0.1) is 0 Å². The molecule has 2 aromatic carbocycles. The van der Waals surface area contributed by atoms with Crippen LogP contribution in [0.4, 0.5) is 24.5 Å². The van der Waals surface area contributed by atoms with Crippen molar-refractivity contribution < 1.29 is 18.0 Å². The molecule has 114 valence electrons. The molecule has 0 saturated carbocycles. The number of anilines is 1. The van der Waals surface area contributed by atoms with Crippen molar-refractivity contribution in [3.63, 3.8) is 0 Å². The minimum atomic E-state index is -4.38. The summed E-state index contributed by atoms with van der Waals surface area (Å²) in [5.74, 6) is -0.176. The predicted molar refractivity (Wildman–Crippen MR) is 79.4 cm³/mol. The van der Waals surface area contributed by atoms with E-state index in [-0.39, 0.29) is 11.6 Å². The Labute approximate surface area is 125 Å². The molecule has 0 aliphatic rings. The summed E-state index contributed by atoms with van der Waals surface area (Å²) in [6.45, 7) is 1.41. The van der Waals surface area contributed by atoms with Gasteiger partial charge in [-0.3, -0.25) is 9.79 Å². The van der Waals surface area contributed by atoms with Crippen molar-refractivity contribution in [2.75, 3.05) is 5.32 Å². The van der Waals surface area contributed by atoms with Crippen molar-refractivity contribution in [2.24, 2.45) is 4.99 Å². The number of amides is 1. The third kappa shape index (κ3) is 4.44. The fourth-order valence-electron chi connectivity index (χ4n) is 1.77. The molecule has 1 N–H and O–H groups in total. The SMILES string of the molecule is CC(=O)Nc1ccc(C=Nc2cccc(C(F)(F)F)c2)cc1. The summed E-state index contributed by atoms with van der Waals surface area (Å²) < 4.78 is 37.8. The zero-order valence-corrected chi connectivity index (χ0v) is 11.7. The number of hydrogen-bond donors (Lipinski definition) is 1. The van der Waals surface area contributed by atoms with Crippen molar-refractivity contribution in [2.45, 2.75) is 13.1 Å². The second-order valence-electron chi connectivity index (χ2n) is 4.61. The molecule has 0 unspecified atom stereocenters. The van der Waals surface area contributed by atoms with Gasteiger partial charge in [-0.25, -0.2) is 0 Å². The smallest absolute Gasteiger partial charge is 0.326 e.